The minimum absolute atomic E-state index is 0.00748. The van der Waals surface area contributed by atoms with E-state index in [4.69, 9.17) is 9.47 Å². The molecule has 1 aliphatic heterocycles. The van der Waals surface area contributed by atoms with Crippen LogP contribution in [0.3, 0.4) is 0 Å². The Morgan fingerprint density at radius 3 is 2.95 bits per heavy atom. The Kier molecular flexibility index (Phi) is 2.63. The summed E-state index contributed by atoms with van der Waals surface area (Å²) in [6.07, 6.45) is 5.81. The van der Waals surface area contributed by atoms with Gasteiger partial charge >= 0.3 is 11.9 Å². The summed E-state index contributed by atoms with van der Waals surface area (Å²) in [7, 11) is 1.43. The average molecular weight is 341 g/mol. The molecule has 0 radical (unpaired) electrons. The fourth-order valence-electron chi connectivity index (χ4n) is 5.10. The molecule has 4 aliphatic carbocycles. The van der Waals surface area contributed by atoms with Gasteiger partial charge in [0.25, 0.3) is 0 Å². The van der Waals surface area contributed by atoms with Gasteiger partial charge < -0.3 is 9.47 Å². The molecule has 1 heterocycles. The summed E-state index contributed by atoms with van der Waals surface area (Å²) in [5.41, 5.74) is 0.348. The van der Waals surface area contributed by atoms with E-state index in [1.54, 1.807) is 0 Å². The molecule has 4 nitrogen and oxygen atoms in total. The van der Waals surface area contributed by atoms with E-state index in [0.717, 1.165) is 31.3 Å². The largest absolute Gasteiger partial charge is 0.466 e. The van der Waals surface area contributed by atoms with Crippen molar-refractivity contribution in [2.45, 2.75) is 36.6 Å². The normalized spacial score (nSPS) is 48.4. The van der Waals surface area contributed by atoms with Crippen LogP contribution in [0.5, 0.6) is 0 Å². The number of hydrogen-bond donors (Lipinski definition) is 0. The minimum atomic E-state index is -0.441. The Bertz CT molecular complexity index is 528. The highest BCUT2D eigenvalue weighted by molar-refractivity contribution is 9.09. The molecule has 5 heteroatoms. The van der Waals surface area contributed by atoms with Crippen molar-refractivity contribution in [3.8, 4) is 0 Å². The molecule has 0 aromatic carbocycles. The SMILES string of the molecule is COC(=O)C1=C[C@@H]2CC[C@H]1[C@H]1CC[C@@H]3OC(=O)[C@]21[C@@H]3Br. The van der Waals surface area contributed by atoms with Crippen LogP contribution in [0.1, 0.15) is 25.7 Å². The van der Waals surface area contributed by atoms with Gasteiger partial charge in [-0.25, -0.2) is 4.79 Å². The monoisotopic (exact) mass is 340 g/mol. The lowest BCUT2D eigenvalue weighted by Crippen LogP contribution is -2.58. The van der Waals surface area contributed by atoms with E-state index >= 15 is 0 Å². The lowest BCUT2D eigenvalue weighted by molar-refractivity contribution is -0.156. The molecule has 5 rings (SSSR count). The van der Waals surface area contributed by atoms with Crippen LogP contribution in [-0.4, -0.2) is 30.0 Å². The van der Waals surface area contributed by atoms with Gasteiger partial charge in [-0.1, -0.05) is 22.0 Å². The number of alkyl halides is 1. The highest BCUT2D eigenvalue weighted by Gasteiger charge is 2.70. The molecule has 2 saturated carbocycles. The number of rotatable bonds is 1. The molecule has 108 valence electrons. The van der Waals surface area contributed by atoms with E-state index in [1.807, 2.05) is 6.08 Å². The molecular formula is C15H17BrO4. The first-order valence-corrected chi connectivity index (χ1v) is 8.17. The molecule has 20 heavy (non-hydrogen) atoms. The zero-order chi connectivity index (χ0) is 14.1. The molecular weight excluding hydrogens is 324 g/mol. The second-order valence-corrected chi connectivity index (χ2v) is 7.35. The molecule has 1 saturated heterocycles. The first kappa shape index (κ1) is 12.9. The zero-order valence-electron chi connectivity index (χ0n) is 11.3. The van der Waals surface area contributed by atoms with Crippen LogP contribution in [0.25, 0.3) is 0 Å². The molecule has 0 aromatic heterocycles. The quantitative estimate of drug-likeness (QED) is 0.542. The lowest BCUT2D eigenvalue weighted by Gasteiger charge is -2.55. The number of methoxy groups -OCH3 is 1. The van der Waals surface area contributed by atoms with Gasteiger partial charge in [0, 0.05) is 5.57 Å². The topological polar surface area (TPSA) is 52.6 Å². The summed E-state index contributed by atoms with van der Waals surface area (Å²) in [4.78, 5) is 24.6. The molecule has 3 fully saturated rings. The third-order valence-electron chi connectivity index (χ3n) is 5.86. The van der Waals surface area contributed by atoms with E-state index < -0.39 is 5.41 Å². The third-order valence-corrected chi connectivity index (χ3v) is 7.21. The van der Waals surface area contributed by atoms with Crippen molar-refractivity contribution in [2.24, 2.45) is 23.2 Å². The Morgan fingerprint density at radius 2 is 2.20 bits per heavy atom. The van der Waals surface area contributed by atoms with Crippen molar-refractivity contribution in [1.29, 1.82) is 0 Å². The Hall–Kier alpha value is -0.840. The average Bonchev–Trinajstić information content (AvgIpc) is 2.63. The predicted molar refractivity (Wildman–Crippen MR) is 74.1 cm³/mol. The lowest BCUT2D eigenvalue weighted by atomic mass is 9.47. The van der Waals surface area contributed by atoms with Gasteiger partial charge in [-0.15, -0.1) is 0 Å². The maximum atomic E-state index is 12.6. The molecule has 0 amide bonds. The predicted octanol–water partition coefficient (Wildman–Crippen LogP) is 2.21. The van der Waals surface area contributed by atoms with E-state index in [9.17, 15) is 9.59 Å². The molecule has 1 spiro atoms. The summed E-state index contributed by atoms with van der Waals surface area (Å²) >= 11 is 3.74. The molecule has 5 aliphatic rings. The van der Waals surface area contributed by atoms with Crippen LogP contribution in [0.15, 0.2) is 11.6 Å². The molecule has 0 N–H and O–H groups in total. The fraction of sp³-hybridized carbons (Fsp3) is 0.733. The number of ether oxygens (including phenoxy) is 2. The second-order valence-electron chi connectivity index (χ2n) is 6.37. The number of esters is 2. The maximum Gasteiger partial charge on any atom is 0.333 e. The summed E-state index contributed by atoms with van der Waals surface area (Å²) in [6.45, 7) is 0. The van der Waals surface area contributed by atoms with Gasteiger partial charge in [-0.3, -0.25) is 4.79 Å². The number of halogens is 1. The van der Waals surface area contributed by atoms with E-state index in [2.05, 4.69) is 15.9 Å². The number of carbonyl (C=O) groups is 2. The summed E-state index contributed by atoms with van der Waals surface area (Å²) in [6, 6.07) is 0. The van der Waals surface area contributed by atoms with Crippen molar-refractivity contribution in [3.05, 3.63) is 11.6 Å². The molecule has 4 bridgehead atoms. The van der Waals surface area contributed by atoms with Crippen molar-refractivity contribution in [3.63, 3.8) is 0 Å². The van der Waals surface area contributed by atoms with Crippen LogP contribution in [-0.2, 0) is 19.1 Å². The fourth-order valence-corrected chi connectivity index (χ4v) is 6.34. The summed E-state index contributed by atoms with van der Waals surface area (Å²) in [5, 5.41) is 0. The highest BCUT2D eigenvalue weighted by Crippen LogP contribution is 2.66. The van der Waals surface area contributed by atoms with E-state index in [0.29, 0.717) is 0 Å². The number of hydrogen-bond acceptors (Lipinski definition) is 4. The first-order valence-electron chi connectivity index (χ1n) is 7.26. The Balaban J connectivity index is 1.85. The van der Waals surface area contributed by atoms with Gasteiger partial charge in [0.05, 0.1) is 17.4 Å². The van der Waals surface area contributed by atoms with Gasteiger partial charge in [0.2, 0.25) is 0 Å². The summed E-state index contributed by atoms with van der Waals surface area (Å²) in [5.74, 6) is 0.194. The van der Waals surface area contributed by atoms with E-state index in [-0.39, 0.29) is 40.6 Å². The van der Waals surface area contributed by atoms with Gasteiger partial charge in [-0.05, 0) is 43.4 Å². The number of carbonyl (C=O) groups excluding carboxylic acids is 2. The van der Waals surface area contributed by atoms with Gasteiger partial charge in [-0.2, -0.15) is 0 Å². The minimum Gasteiger partial charge on any atom is -0.466 e. The molecule has 0 unspecified atom stereocenters. The Labute approximate surface area is 126 Å². The maximum absolute atomic E-state index is 12.6. The van der Waals surface area contributed by atoms with Crippen LogP contribution >= 0.6 is 15.9 Å². The summed E-state index contributed by atoms with van der Waals surface area (Å²) < 4.78 is 10.5. The van der Waals surface area contributed by atoms with Crippen LogP contribution in [0, 0.1) is 23.2 Å². The highest BCUT2D eigenvalue weighted by atomic mass is 79.9. The van der Waals surface area contributed by atoms with Crippen molar-refractivity contribution in [1.82, 2.24) is 0 Å². The second kappa shape index (κ2) is 4.09. The zero-order valence-corrected chi connectivity index (χ0v) is 12.9. The molecule has 0 aromatic rings. The van der Waals surface area contributed by atoms with Crippen molar-refractivity contribution < 1.29 is 19.1 Å². The van der Waals surface area contributed by atoms with Gasteiger partial charge in [0.15, 0.2) is 0 Å². The smallest absolute Gasteiger partial charge is 0.333 e. The number of allylic oxidation sites excluding steroid dienone is 1. The standard InChI is InChI=1S/C15H17BrO4/c1-19-13(17)9-6-7-2-3-8(9)10-4-5-11-12(16)15(7,10)14(18)20-11/h6-8,10-12H,2-5H2,1H3/t7-,8+,10+,11-,12+,15+/m0/s1. The van der Waals surface area contributed by atoms with Crippen molar-refractivity contribution >= 4 is 27.9 Å². The van der Waals surface area contributed by atoms with Crippen molar-refractivity contribution in [2.75, 3.05) is 7.11 Å². The third kappa shape index (κ3) is 1.28. The Morgan fingerprint density at radius 1 is 1.40 bits per heavy atom. The van der Waals surface area contributed by atoms with Crippen LogP contribution in [0.2, 0.25) is 0 Å². The van der Waals surface area contributed by atoms with Crippen LogP contribution < -0.4 is 0 Å². The first-order chi connectivity index (χ1) is 9.60. The van der Waals surface area contributed by atoms with Gasteiger partial charge in [0.1, 0.15) is 6.10 Å². The van der Waals surface area contributed by atoms with E-state index in [1.165, 1.54) is 7.11 Å². The molecule has 6 atom stereocenters. The van der Waals surface area contributed by atoms with Crippen LogP contribution in [0.4, 0.5) is 0 Å². The number of fused-ring (bicyclic) bond motifs is 2.